The molecule has 0 aliphatic carbocycles. The number of unbranched alkanes of at least 4 members (excludes halogenated alkanes) is 3. The number of carbonyl (C=O) groups excluding carboxylic acids is 3. The maximum absolute atomic E-state index is 13.1. The molecule has 0 heterocycles. The van der Waals surface area contributed by atoms with Crippen LogP contribution in [0.1, 0.15) is 75.7 Å². The van der Waals surface area contributed by atoms with E-state index in [-0.39, 0.29) is 17.3 Å². The molecule has 0 saturated carbocycles. The first-order valence-electron chi connectivity index (χ1n) is 11.2. The molecule has 3 aromatic rings. The molecule has 0 radical (unpaired) electrons. The Morgan fingerprint density at radius 2 is 1.21 bits per heavy atom. The van der Waals surface area contributed by atoms with E-state index in [0.717, 1.165) is 25.7 Å². The zero-order valence-electron chi connectivity index (χ0n) is 18.7. The average Bonchev–Trinajstić information content (AvgIpc) is 2.88. The van der Waals surface area contributed by atoms with Crippen LogP contribution in [0.25, 0.3) is 0 Å². The topological polar surface area (TPSA) is 72.8 Å². The Morgan fingerprint density at radius 3 is 1.82 bits per heavy atom. The minimum absolute atomic E-state index is 0.111. The average molecular weight is 442 g/mol. The van der Waals surface area contributed by atoms with Crippen molar-refractivity contribution in [1.29, 1.82) is 0 Å². The number of oxime groups is 1. The molecule has 0 aliphatic heterocycles. The fraction of sp³-hybridized carbons (Fsp3) is 0.214. The van der Waals surface area contributed by atoms with Gasteiger partial charge in [0.05, 0.1) is 5.56 Å². The van der Waals surface area contributed by atoms with Crippen molar-refractivity contribution in [3.8, 4) is 0 Å². The van der Waals surface area contributed by atoms with Gasteiger partial charge in [0.1, 0.15) is 5.71 Å². The molecule has 33 heavy (non-hydrogen) atoms. The fourth-order valence-electron chi connectivity index (χ4n) is 3.34. The third kappa shape index (κ3) is 6.81. The van der Waals surface area contributed by atoms with Crippen molar-refractivity contribution in [2.75, 3.05) is 0 Å². The summed E-state index contributed by atoms with van der Waals surface area (Å²) in [4.78, 5) is 43.1. The van der Waals surface area contributed by atoms with E-state index in [2.05, 4.69) is 12.1 Å². The van der Waals surface area contributed by atoms with Crippen molar-refractivity contribution in [3.63, 3.8) is 0 Å². The van der Waals surface area contributed by atoms with Gasteiger partial charge in [0.25, 0.3) is 0 Å². The van der Waals surface area contributed by atoms with Crippen molar-refractivity contribution < 1.29 is 19.2 Å². The van der Waals surface area contributed by atoms with E-state index in [1.165, 1.54) is 0 Å². The van der Waals surface area contributed by atoms with E-state index >= 15 is 0 Å². The summed E-state index contributed by atoms with van der Waals surface area (Å²) in [7, 11) is 0. The van der Waals surface area contributed by atoms with Crippen molar-refractivity contribution in [2.45, 2.75) is 39.0 Å². The van der Waals surface area contributed by atoms with Crippen LogP contribution in [0, 0.1) is 0 Å². The first-order chi connectivity index (χ1) is 16.1. The summed E-state index contributed by atoms with van der Waals surface area (Å²) in [5.74, 6) is -1.04. The number of rotatable bonds is 11. The molecular weight excluding hydrogens is 414 g/mol. The van der Waals surface area contributed by atoms with Crippen molar-refractivity contribution >= 4 is 23.2 Å². The van der Waals surface area contributed by atoms with Crippen LogP contribution in [-0.4, -0.2) is 23.2 Å². The zero-order chi connectivity index (χ0) is 23.5. The molecule has 5 nitrogen and oxygen atoms in total. The number of carbonyl (C=O) groups is 3. The standard InChI is InChI=1S/C28H27NO4/c1-2-3-4-11-16-25(29-33-28(32)24-14-9-6-10-15-24)27(31)23-19-17-22(18-20-23)26(30)21-12-7-5-8-13-21/h5-10,12-15,17-20H,2-4,11,16H2,1H3. The van der Waals surface area contributed by atoms with Crippen LogP contribution >= 0.6 is 0 Å². The molecule has 3 rings (SSSR count). The quantitative estimate of drug-likeness (QED) is 0.115. The molecule has 0 aliphatic rings. The molecule has 0 spiro atoms. The van der Waals surface area contributed by atoms with Gasteiger partial charge in [-0.25, -0.2) is 4.79 Å². The fourth-order valence-corrected chi connectivity index (χ4v) is 3.34. The minimum atomic E-state index is -0.613. The largest absolute Gasteiger partial charge is 0.365 e. The van der Waals surface area contributed by atoms with Crippen LogP contribution in [0.4, 0.5) is 0 Å². The molecule has 0 unspecified atom stereocenters. The number of nitrogens with zero attached hydrogens (tertiary/aromatic N) is 1. The van der Waals surface area contributed by atoms with Gasteiger partial charge in [-0.15, -0.1) is 0 Å². The highest BCUT2D eigenvalue weighted by molar-refractivity contribution is 6.46. The summed E-state index contributed by atoms with van der Waals surface area (Å²) in [5, 5.41) is 3.93. The lowest BCUT2D eigenvalue weighted by atomic mass is 9.98. The minimum Gasteiger partial charge on any atom is -0.312 e. The van der Waals surface area contributed by atoms with Gasteiger partial charge in [0, 0.05) is 16.7 Å². The second kappa shape index (κ2) is 12.2. The highest BCUT2D eigenvalue weighted by atomic mass is 16.7. The van der Waals surface area contributed by atoms with E-state index in [1.54, 1.807) is 66.7 Å². The third-order valence-electron chi connectivity index (χ3n) is 5.22. The lowest BCUT2D eigenvalue weighted by Crippen LogP contribution is -2.16. The number of ketones is 2. The number of benzene rings is 3. The summed E-state index contributed by atoms with van der Waals surface area (Å²) in [6, 6.07) is 24.0. The van der Waals surface area contributed by atoms with Crippen LogP contribution in [0.2, 0.25) is 0 Å². The number of Topliss-reactive ketones (excluding diaryl/α,β-unsaturated/α-hetero) is 1. The van der Waals surface area contributed by atoms with Gasteiger partial charge < -0.3 is 4.84 Å². The Balaban J connectivity index is 1.75. The molecule has 5 heteroatoms. The first kappa shape index (κ1) is 23.8. The Hall–Kier alpha value is -3.86. The molecule has 0 atom stereocenters. The molecule has 0 N–H and O–H groups in total. The van der Waals surface area contributed by atoms with Crippen molar-refractivity contribution in [2.24, 2.45) is 5.16 Å². The van der Waals surface area contributed by atoms with E-state index in [1.807, 2.05) is 18.2 Å². The van der Waals surface area contributed by atoms with E-state index < -0.39 is 5.97 Å². The second-order valence-corrected chi connectivity index (χ2v) is 7.70. The Bertz CT molecular complexity index is 1100. The number of hydrogen-bond acceptors (Lipinski definition) is 5. The monoisotopic (exact) mass is 441 g/mol. The summed E-state index contributed by atoms with van der Waals surface area (Å²) in [5.41, 5.74) is 2.03. The Morgan fingerprint density at radius 1 is 0.667 bits per heavy atom. The van der Waals surface area contributed by atoms with Crippen molar-refractivity contribution in [3.05, 3.63) is 107 Å². The summed E-state index contributed by atoms with van der Waals surface area (Å²) in [6.07, 6.45) is 4.26. The second-order valence-electron chi connectivity index (χ2n) is 7.70. The van der Waals surface area contributed by atoms with E-state index in [9.17, 15) is 14.4 Å². The Kier molecular flexibility index (Phi) is 8.83. The molecule has 0 bridgehead atoms. The lowest BCUT2D eigenvalue weighted by Gasteiger charge is -2.07. The van der Waals surface area contributed by atoms with Crippen molar-refractivity contribution in [1.82, 2.24) is 0 Å². The molecular formula is C28H27NO4. The molecule has 0 saturated heterocycles. The smallest absolute Gasteiger partial charge is 0.312 e. The molecule has 0 fully saturated rings. The molecule has 3 aromatic carbocycles. The van der Waals surface area contributed by atoms with Crippen LogP contribution in [0.5, 0.6) is 0 Å². The van der Waals surface area contributed by atoms with Gasteiger partial charge in [-0.2, -0.15) is 0 Å². The highest BCUT2D eigenvalue weighted by Gasteiger charge is 2.17. The number of hydrogen-bond donors (Lipinski definition) is 0. The Labute approximate surface area is 194 Å². The SMILES string of the molecule is CCCCCCC(=NOC(=O)c1ccccc1)C(=O)c1ccc(C(=O)c2ccccc2)cc1. The summed E-state index contributed by atoms with van der Waals surface area (Å²) >= 11 is 0. The first-order valence-corrected chi connectivity index (χ1v) is 11.2. The van der Waals surface area contributed by atoms with Crippen LogP contribution in [-0.2, 0) is 4.84 Å². The van der Waals surface area contributed by atoms with Crippen LogP contribution in [0.15, 0.2) is 90.1 Å². The highest BCUT2D eigenvalue weighted by Crippen LogP contribution is 2.14. The maximum atomic E-state index is 13.1. The van der Waals surface area contributed by atoms with Crippen LogP contribution in [0.3, 0.4) is 0 Å². The molecule has 168 valence electrons. The maximum Gasteiger partial charge on any atom is 0.365 e. The predicted octanol–water partition coefficient (Wildman–Crippen LogP) is 6.28. The zero-order valence-corrected chi connectivity index (χ0v) is 18.7. The van der Waals surface area contributed by atoms with Gasteiger partial charge in [-0.05, 0) is 25.0 Å². The summed E-state index contributed by atoms with van der Waals surface area (Å²) < 4.78 is 0. The molecule has 0 aromatic heterocycles. The molecule has 0 amide bonds. The van der Waals surface area contributed by atoms with E-state index in [4.69, 9.17) is 4.84 Å². The normalized spacial score (nSPS) is 11.1. The van der Waals surface area contributed by atoms with Gasteiger partial charge in [0.2, 0.25) is 5.78 Å². The predicted molar refractivity (Wildman–Crippen MR) is 129 cm³/mol. The van der Waals surface area contributed by atoms with Gasteiger partial charge in [0.15, 0.2) is 5.78 Å². The lowest BCUT2D eigenvalue weighted by molar-refractivity contribution is 0.0514. The van der Waals surface area contributed by atoms with Gasteiger partial charge >= 0.3 is 5.97 Å². The van der Waals surface area contributed by atoms with Gasteiger partial charge in [-0.1, -0.05) is 104 Å². The van der Waals surface area contributed by atoms with Crippen LogP contribution < -0.4 is 0 Å². The van der Waals surface area contributed by atoms with E-state index in [0.29, 0.717) is 28.7 Å². The summed E-state index contributed by atoms with van der Waals surface area (Å²) in [6.45, 7) is 2.11. The third-order valence-corrected chi connectivity index (χ3v) is 5.22. The van der Waals surface area contributed by atoms with Gasteiger partial charge in [-0.3, -0.25) is 9.59 Å².